The zero-order chi connectivity index (χ0) is 65.3. The number of likely N-dealkylation sites (N-methyl/N-ethyl adjacent to an activating group) is 1. The summed E-state index contributed by atoms with van der Waals surface area (Å²) in [5.74, 6) is 11.3. The number of ketones is 1. The normalized spacial score (nSPS) is 33.9. The van der Waals surface area contributed by atoms with E-state index in [0.29, 0.717) is 15.7 Å². The van der Waals surface area contributed by atoms with Crippen molar-refractivity contribution in [2.24, 2.45) is 0 Å². The fourth-order valence-corrected chi connectivity index (χ4v) is 15.5. The number of benzene rings is 1. The lowest BCUT2D eigenvalue weighted by molar-refractivity contribution is -0.336. The van der Waals surface area contributed by atoms with Gasteiger partial charge in [0.1, 0.15) is 36.6 Å². The number of aliphatic hydroxyl groups excluding tert-OH is 4. The van der Waals surface area contributed by atoms with Gasteiger partial charge in [0, 0.05) is 61.2 Å². The van der Waals surface area contributed by atoms with Crippen molar-refractivity contribution in [3.05, 3.63) is 73.3 Å². The van der Waals surface area contributed by atoms with Gasteiger partial charge in [-0.25, -0.2) is 4.79 Å². The number of rotatable bonds is 22. The number of aliphatic hydroxyl groups is 5. The number of pyridine rings is 1. The average molecular weight is 1430 g/mol. The van der Waals surface area contributed by atoms with Gasteiger partial charge in [-0.15, -0.1) is 0 Å². The Morgan fingerprint density at radius 2 is 1.57 bits per heavy atom. The molecule has 0 spiro atoms. The summed E-state index contributed by atoms with van der Waals surface area (Å²) in [5, 5.41) is 63.2. The van der Waals surface area contributed by atoms with Gasteiger partial charge in [-0.3, -0.25) is 24.7 Å². The molecule has 25 nitrogen and oxygen atoms in total. The molecule has 0 unspecified atom stereocenters. The van der Waals surface area contributed by atoms with E-state index in [4.69, 9.17) is 61.7 Å². The SMILES string of the molecule is CCN[C@H]1CO[C@@H](O[C@H]2[C@H](O[C@H]3C#CC=CC#C[C@]4(O)CC(=O)C(NC(=O)OC)=C3/C4=C\CSSc3c(C)cncc3C)O[C@H](C)[C@@H](NO[C@H]3C[C@H](O)[C@H](SC(=O)c4c(C)c(I)c(O[C@@H]5O[C@@H](C)[C@H](O)[C@@H](OC)[C@H]5O)c(OC)c4OC)[C@@H](C)O3)[C@@H]2O)C[C@@H]1OC. The number of carbonyl (C=O) groups is 3. The molecule has 6 aliphatic rings. The van der Waals surface area contributed by atoms with Gasteiger partial charge in [0.25, 0.3) is 0 Å². The number of hydrogen-bond acceptors (Lipinski definition) is 27. The maximum absolute atomic E-state index is 14.5. The molecule has 29 heteroatoms. The van der Waals surface area contributed by atoms with Crippen LogP contribution in [0.15, 0.2) is 52.4 Å². The largest absolute Gasteiger partial charge is 0.492 e. The number of amides is 1. The minimum absolute atomic E-state index is 0.0234. The van der Waals surface area contributed by atoms with Crippen molar-refractivity contribution in [2.75, 3.05) is 54.5 Å². The summed E-state index contributed by atoms with van der Waals surface area (Å²) in [6.07, 6.45) is -10.5. The van der Waals surface area contributed by atoms with Gasteiger partial charge in [-0.2, -0.15) is 5.48 Å². The van der Waals surface area contributed by atoms with E-state index >= 15 is 0 Å². The molecule has 494 valence electrons. The van der Waals surface area contributed by atoms with Gasteiger partial charge < -0.3 is 87.7 Å². The Labute approximate surface area is 548 Å². The Morgan fingerprint density at radius 3 is 2.23 bits per heavy atom. The molecule has 0 saturated carbocycles. The number of methoxy groups -OCH3 is 5. The number of aromatic nitrogens is 1. The third-order valence-electron chi connectivity index (χ3n) is 16.0. The van der Waals surface area contributed by atoms with Crippen LogP contribution in [0.5, 0.6) is 17.2 Å². The van der Waals surface area contributed by atoms with Crippen LogP contribution in [0.25, 0.3) is 0 Å². The maximum atomic E-state index is 14.5. The highest BCUT2D eigenvalue weighted by Crippen LogP contribution is 2.49. The number of nitrogens with one attached hydrogen (secondary N) is 3. The first-order chi connectivity index (χ1) is 43.0. The van der Waals surface area contributed by atoms with E-state index < -0.39 is 127 Å². The number of hydroxylamine groups is 1. The molecule has 4 fully saturated rings. The van der Waals surface area contributed by atoms with Gasteiger partial charge in [-0.1, -0.05) is 70.0 Å². The lowest BCUT2D eigenvalue weighted by Crippen LogP contribution is -2.65. The molecule has 8 N–H and O–H groups in total. The summed E-state index contributed by atoms with van der Waals surface area (Å²) >= 11 is 2.82. The maximum Gasteiger partial charge on any atom is 0.411 e. The molecule has 1 aromatic heterocycles. The molecular weight excluding hydrogens is 1350 g/mol. The quantitative estimate of drug-likeness (QED) is 0.0272. The summed E-state index contributed by atoms with van der Waals surface area (Å²) in [5.41, 5.74) is 3.13. The zero-order valence-corrected chi connectivity index (χ0v) is 56.4. The molecule has 4 saturated heterocycles. The van der Waals surface area contributed by atoms with Crippen LogP contribution in [0, 0.1) is 48.0 Å². The van der Waals surface area contributed by atoms with Crippen LogP contribution in [-0.2, 0) is 52.3 Å². The molecule has 2 bridgehead atoms. The number of carbonyl (C=O) groups excluding carboxylic acids is 3. The molecule has 2 aliphatic carbocycles. The Morgan fingerprint density at radius 1 is 0.856 bits per heavy atom. The molecule has 19 atom stereocenters. The molecule has 1 aromatic carbocycles. The molecule has 4 aliphatic heterocycles. The van der Waals surface area contributed by atoms with Crippen LogP contribution in [0.3, 0.4) is 0 Å². The molecule has 90 heavy (non-hydrogen) atoms. The van der Waals surface area contributed by atoms with E-state index in [1.54, 1.807) is 53.3 Å². The van der Waals surface area contributed by atoms with Crippen molar-refractivity contribution in [1.82, 2.24) is 21.1 Å². The van der Waals surface area contributed by atoms with Crippen LogP contribution >= 0.6 is 55.9 Å². The van der Waals surface area contributed by atoms with Gasteiger partial charge in [0.2, 0.25) is 17.2 Å². The second-order valence-electron chi connectivity index (χ2n) is 22.0. The molecule has 0 radical (unpaired) electrons. The predicted octanol–water partition coefficient (Wildman–Crippen LogP) is 3.99. The van der Waals surface area contributed by atoms with Crippen LogP contribution in [0.2, 0.25) is 0 Å². The number of halogens is 1. The molecular formula is C61H79IN4O21S3. The van der Waals surface area contributed by atoms with Crippen molar-refractivity contribution in [3.63, 3.8) is 0 Å². The lowest BCUT2D eigenvalue weighted by Gasteiger charge is -2.46. The van der Waals surface area contributed by atoms with Crippen molar-refractivity contribution < 1.29 is 102 Å². The van der Waals surface area contributed by atoms with Crippen molar-refractivity contribution in [1.29, 1.82) is 0 Å². The second-order valence-corrected chi connectivity index (χ2v) is 26.6. The predicted molar refractivity (Wildman–Crippen MR) is 338 cm³/mol. The highest BCUT2D eigenvalue weighted by atomic mass is 127. The van der Waals surface area contributed by atoms with Gasteiger partial charge in [0.15, 0.2) is 41.8 Å². The van der Waals surface area contributed by atoms with E-state index in [-0.39, 0.29) is 77.0 Å². The highest BCUT2D eigenvalue weighted by Gasteiger charge is 2.52. The number of aryl methyl sites for hydroxylation is 2. The van der Waals surface area contributed by atoms with Gasteiger partial charge >= 0.3 is 6.09 Å². The second kappa shape index (κ2) is 32.3. The minimum atomic E-state index is -2.11. The van der Waals surface area contributed by atoms with Crippen LogP contribution in [0.1, 0.15) is 74.0 Å². The van der Waals surface area contributed by atoms with Gasteiger partial charge in [-0.05, 0) is 99.5 Å². The average Bonchev–Trinajstić information content (AvgIpc) is 0.960. The summed E-state index contributed by atoms with van der Waals surface area (Å²) < 4.78 is 72.9. The number of hydrogen-bond donors (Lipinski definition) is 8. The van der Waals surface area contributed by atoms with E-state index in [9.17, 15) is 39.9 Å². The number of thioether (sulfide) groups is 1. The fraction of sp³-hybridized carbons (Fsp3) is 0.607. The summed E-state index contributed by atoms with van der Waals surface area (Å²) in [7, 11) is 9.74. The first-order valence-electron chi connectivity index (χ1n) is 29.1. The lowest BCUT2D eigenvalue weighted by atomic mass is 9.75. The summed E-state index contributed by atoms with van der Waals surface area (Å²) in [6, 6.07) is -1.30. The van der Waals surface area contributed by atoms with Crippen LogP contribution in [-0.4, -0.2) is 217 Å². The van der Waals surface area contributed by atoms with Crippen molar-refractivity contribution >= 4 is 72.9 Å². The summed E-state index contributed by atoms with van der Waals surface area (Å²) in [6.45, 7) is 13.3. The standard InChI is InChI=1S/C61H79IN4O21S3/c1-13-64-35-27-80-40(23-39(35)75-8)85-53-48(70)45(66-87-41-22-36(67)56(33(7)81-41)89-57(72)42-30(4)44(62)51(54(78-11)50(42)76-9)86-58-49(71)52(77-10)47(69)32(6)83-58)31(5)82-59(53)84-38-18-16-14-15-17-20-61(74)24-37(68)46(65-60(73)79-12)43(38)34(61)19-21-88-90-55-28(2)25-63-26-29(55)3/h14-15,19,25-26,31-33,35-36,38-41,45,47-49,52-53,56,58-59,64,66-67,69-71,74H,13,21-24,27H2,1-12H3,(H,65,73)/b15-14?,34-19+/t31-,32+,33-,35+,36+,38+,39+,40+,41+,45-,47+,48+,49-,52-,53-,56-,58+,59+,61+/m1/s1. The number of nitrogens with zero attached hydrogens (tertiary/aromatic N) is 1. The third-order valence-corrected chi connectivity index (χ3v) is 21.2. The Bertz CT molecular complexity index is 3110. The van der Waals surface area contributed by atoms with Crippen molar-refractivity contribution in [3.8, 4) is 40.9 Å². The van der Waals surface area contributed by atoms with E-state index in [1.807, 2.05) is 43.4 Å². The van der Waals surface area contributed by atoms with E-state index in [2.05, 4.69) is 44.8 Å². The molecule has 8 rings (SSSR count). The Balaban J connectivity index is 1.03. The fourth-order valence-electron chi connectivity index (χ4n) is 11.3. The first-order valence-corrected chi connectivity index (χ1v) is 33.4. The summed E-state index contributed by atoms with van der Waals surface area (Å²) in [4.78, 5) is 53.3. The smallest absolute Gasteiger partial charge is 0.411 e. The van der Waals surface area contributed by atoms with Crippen molar-refractivity contribution in [2.45, 2.75) is 188 Å². The number of Topliss-reactive ketones (excluding diaryl/α,β-unsaturated/α-hetero) is 1. The van der Waals surface area contributed by atoms with Crippen LogP contribution in [0.4, 0.5) is 4.79 Å². The minimum Gasteiger partial charge on any atom is -0.492 e. The van der Waals surface area contributed by atoms with Crippen LogP contribution < -0.4 is 30.3 Å². The third kappa shape index (κ3) is 16.1. The molecule has 5 heterocycles. The number of allylic oxidation sites excluding steroid dienone is 3. The number of ether oxygens (including phenoxy) is 12. The number of alkyl carbamates (subject to hydrolysis) is 1. The Hall–Kier alpha value is -4.14. The molecule has 1 amide bonds. The zero-order valence-electron chi connectivity index (χ0n) is 51.8. The highest BCUT2D eigenvalue weighted by molar-refractivity contribution is 14.1. The monoisotopic (exact) mass is 1430 g/mol. The topological polar surface area (TPSA) is 321 Å². The van der Waals surface area contributed by atoms with E-state index in [1.165, 1.54) is 55.1 Å². The number of fused-ring (bicyclic) bond motifs is 2. The van der Waals surface area contributed by atoms with Gasteiger partial charge in [0.05, 0.1) is 97.0 Å². The Kier molecular flexibility index (Phi) is 25.8. The van der Waals surface area contributed by atoms with E-state index in [0.717, 1.165) is 34.9 Å². The first kappa shape index (κ1) is 71.7. The molecule has 2 aromatic rings.